The molecule has 2 atom stereocenters. The minimum Gasteiger partial charge on any atom is -0.391 e. The number of likely N-dealkylation sites (tertiary alicyclic amines) is 1. The molecule has 5 rings (SSSR count). The Morgan fingerprint density at radius 2 is 1.97 bits per heavy atom. The number of benzene rings is 1. The lowest BCUT2D eigenvalue weighted by atomic mass is 10.0. The van der Waals surface area contributed by atoms with Crippen molar-refractivity contribution in [1.29, 1.82) is 0 Å². The van der Waals surface area contributed by atoms with Gasteiger partial charge < -0.3 is 14.9 Å². The molecule has 0 bridgehead atoms. The molecular formula is C21H22N6O5. The first-order valence-corrected chi connectivity index (χ1v) is 10.5. The molecule has 166 valence electrons. The molecule has 3 aliphatic rings. The summed E-state index contributed by atoms with van der Waals surface area (Å²) in [6.45, 7) is 0.821. The predicted octanol–water partition coefficient (Wildman–Crippen LogP) is -0.488. The van der Waals surface area contributed by atoms with Gasteiger partial charge in [-0.15, -0.1) is 5.10 Å². The van der Waals surface area contributed by atoms with Crippen LogP contribution in [0.15, 0.2) is 24.4 Å². The van der Waals surface area contributed by atoms with E-state index < -0.39 is 18.1 Å². The summed E-state index contributed by atoms with van der Waals surface area (Å²) in [5, 5.41) is 20.4. The number of amides is 4. The van der Waals surface area contributed by atoms with Gasteiger partial charge in [0.05, 0.1) is 24.5 Å². The fourth-order valence-corrected chi connectivity index (χ4v) is 4.44. The van der Waals surface area contributed by atoms with Crippen LogP contribution in [0.5, 0.6) is 0 Å². The van der Waals surface area contributed by atoms with Crippen LogP contribution < -0.4 is 5.32 Å². The molecule has 0 radical (unpaired) electrons. The summed E-state index contributed by atoms with van der Waals surface area (Å²) in [5.41, 5.74) is 2.58. The van der Waals surface area contributed by atoms with E-state index in [1.165, 1.54) is 4.90 Å². The molecule has 2 saturated heterocycles. The monoisotopic (exact) mass is 438 g/mol. The minimum absolute atomic E-state index is 0.0190. The van der Waals surface area contributed by atoms with E-state index in [0.29, 0.717) is 36.2 Å². The van der Waals surface area contributed by atoms with Crippen molar-refractivity contribution in [2.45, 2.75) is 50.9 Å². The number of carbonyl (C=O) groups excluding carboxylic acids is 4. The van der Waals surface area contributed by atoms with E-state index in [1.807, 2.05) is 6.07 Å². The molecule has 2 unspecified atom stereocenters. The fraction of sp³-hybridized carbons (Fsp3) is 0.429. The van der Waals surface area contributed by atoms with E-state index in [0.717, 1.165) is 5.56 Å². The zero-order valence-corrected chi connectivity index (χ0v) is 17.2. The molecule has 1 aromatic heterocycles. The van der Waals surface area contributed by atoms with Crippen molar-refractivity contribution < 1.29 is 24.3 Å². The van der Waals surface area contributed by atoms with Crippen molar-refractivity contribution in [2.75, 3.05) is 6.54 Å². The van der Waals surface area contributed by atoms with Gasteiger partial charge in [-0.3, -0.25) is 24.5 Å². The Hall–Kier alpha value is -3.60. The standard InChI is InChI=1S/C21H22N6O5/c28-15-2-6-19(30)25(11-15)9-13-10-27(24-23-13)14-1-3-16-12(7-14)8-26(21(16)32)17-4-5-18(29)22-20(17)31/h1,3,7,10,15,17,28H,2,4-6,8-9,11H2,(H,22,29,31). The predicted molar refractivity (Wildman–Crippen MR) is 108 cm³/mol. The van der Waals surface area contributed by atoms with Crippen molar-refractivity contribution in [3.8, 4) is 5.69 Å². The number of nitrogens with zero attached hydrogens (tertiary/aromatic N) is 5. The van der Waals surface area contributed by atoms with E-state index in [2.05, 4.69) is 15.6 Å². The van der Waals surface area contributed by atoms with Crippen molar-refractivity contribution in [3.63, 3.8) is 0 Å². The van der Waals surface area contributed by atoms with Gasteiger partial charge in [-0.25, -0.2) is 4.68 Å². The zero-order valence-electron chi connectivity index (χ0n) is 17.2. The fourth-order valence-electron chi connectivity index (χ4n) is 4.44. The van der Waals surface area contributed by atoms with E-state index in [-0.39, 0.29) is 43.8 Å². The second kappa shape index (κ2) is 7.83. The molecule has 4 heterocycles. The Morgan fingerprint density at radius 1 is 1.12 bits per heavy atom. The van der Waals surface area contributed by atoms with Gasteiger partial charge in [-0.2, -0.15) is 0 Å². The van der Waals surface area contributed by atoms with Crippen LogP contribution in [0, 0.1) is 0 Å². The summed E-state index contributed by atoms with van der Waals surface area (Å²) in [5.74, 6) is -1.02. The average molecular weight is 438 g/mol. The number of fused-ring (bicyclic) bond motifs is 1. The number of β-amino-alcohol motifs (C(OH)–C–C–N with tert-alkyl or cyclic N) is 1. The van der Waals surface area contributed by atoms with Crippen LogP contribution >= 0.6 is 0 Å². The number of rotatable bonds is 4. The van der Waals surface area contributed by atoms with Crippen LogP contribution in [0.3, 0.4) is 0 Å². The summed E-state index contributed by atoms with van der Waals surface area (Å²) >= 11 is 0. The Kier molecular flexibility index (Phi) is 4.97. The van der Waals surface area contributed by atoms with E-state index in [1.54, 1.807) is 27.9 Å². The first kappa shape index (κ1) is 20.3. The number of hydrogen-bond acceptors (Lipinski definition) is 7. The van der Waals surface area contributed by atoms with Gasteiger partial charge >= 0.3 is 0 Å². The molecule has 4 amide bonds. The molecule has 0 saturated carbocycles. The van der Waals surface area contributed by atoms with Crippen molar-refractivity contribution in [1.82, 2.24) is 30.1 Å². The van der Waals surface area contributed by atoms with Crippen molar-refractivity contribution in [3.05, 3.63) is 41.2 Å². The van der Waals surface area contributed by atoms with E-state index >= 15 is 0 Å². The van der Waals surface area contributed by atoms with Crippen LogP contribution in [-0.4, -0.2) is 72.2 Å². The maximum Gasteiger partial charge on any atom is 0.255 e. The number of piperidine rings is 2. The second-order valence-corrected chi connectivity index (χ2v) is 8.36. The highest BCUT2D eigenvalue weighted by Crippen LogP contribution is 2.29. The van der Waals surface area contributed by atoms with Crippen LogP contribution in [0.1, 0.15) is 47.3 Å². The molecule has 11 nitrogen and oxygen atoms in total. The molecule has 32 heavy (non-hydrogen) atoms. The number of aliphatic hydroxyl groups is 1. The average Bonchev–Trinajstić information content (AvgIpc) is 3.35. The molecular weight excluding hydrogens is 416 g/mol. The first-order chi connectivity index (χ1) is 15.4. The maximum atomic E-state index is 12.8. The topological polar surface area (TPSA) is 138 Å². The third-order valence-corrected chi connectivity index (χ3v) is 6.14. The normalized spacial score (nSPS) is 23.5. The molecule has 0 aliphatic carbocycles. The second-order valence-electron chi connectivity index (χ2n) is 8.36. The number of aromatic nitrogens is 3. The van der Waals surface area contributed by atoms with Crippen molar-refractivity contribution in [2.24, 2.45) is 0 Å². The molecule has 3 aliphatic heterocycles. The highest BCUT2D eigenvalue weighted by atomic mass is 16.3. The first-order valence-electron chi connectivity index (χ1n) is 10.5. The van der Waals surface area contributed by atoms with Gasteiger partial charge in [0, 0.05) is 31.5 Å². The number of carbonyl (C=O) groups is 4. The molecule has 0 spiro atoms. The smallest absolute Gasteiger partial charge is 0.255 e. The lowest BCUT2D eigenvalue weighted by Crippen LogP contribution is -2.52. The summed E-state index contributed by atoms with van der Waals surface area (Å²) in [6, 6.07) is 4.61. The van der Waals surface area contributed by atoms with E-state index in [4.69, 9.17) is 0 Å². The number of imide groups is 1. The molecule has 2 fully saturated rings. The van der Waals surface area contributed by atoms with Gasteiger partial charge in [-0.1, -0.05) is 5.21 Å². The van der Waals surface area contributed by atoms with E-state index in [9.17, 15) is 24.3 Å². The van der Waals surface area contributed by atoms with Crippen LogP contribution in [0.2, 0.25) is 0 Å². The Bertz CT molecular complexity index is 1130. The molecule has 1 aromatic carbocycles. The van der Waals surface area contributed by atoms with Crippen LogP contribution in [0.4, 0.5) is 0 Å². The largest absolute Gasteiger partial charge is 0.391 e. The quantitative estimate of drug-likeness (QED) is 0.615. The SMILES string of the molecule is O=C1CCC(N2Cc3cc(-n4cc(CN5CC(O)CCC5=O)nn4)ccc3C2=O)C(=O)N1. The van der Waals surface area contributed by atoms with Crippen LogP contribution in [-0.2, 0) is 27.5 Å². The van der Waals surface area contributed by atoms with Gasteiger partial charge in [0.15, 0.2) is 0 Å². The minimum atomic E-state index is -0.661. The molecule has 2 aromatic rings. The van der Waals surface area contributed by atoms with Crippen molar-refractivity contribution >= 4 is 23.6 Å². The summed E-state index contributed by atoms with van der Waals surface area (Å²) < 4.78 is 1.57. The summed E-state index contributed by atoms with van der Waals surface area (Å²) in [4.78, 5) is 51.6. The molecule has 11 heteroatoms. The Labute approximate surface area is 183 Å². The number of hydrogen-bond donors (Lipinski definition) is 2. The lowest BCUT2D eigenvalue weighted by Gasteiger charge is -2.29. The lowest BCUT2D eigenvalue weighted by molar-refractivity contribution is -0.138. The third kappa shape index (κ3) is 3.64. The molecule has 2 N–H and O–H groups in total. The zero-order chi connectivity index (χ0) is 22.4. The van der Waals surface area contributed by atoms with Gasteiger partial charge in [0.1, 0.15) is 11.7 Å². The summed E-state index contributed by atoms with van der Waals surface area (Å²) in [6.07, 6.45) is 2.51. The number of aliphatic hydroxyl groups excluding tert-OH is 1. The highest BCUT2D eigenvalue weighted by molar-refractivity contribution is 6.05. The maximum absolute atomic E-state index is 12.8. The Morgan fingerprint density at radius 3 is 2.78 bits per heavy atom. The van der Waals surface area contributed by atoms with Crippen LogP contribution in [0.25, 0.3) is 5.69 Å². The summed E-state index contributed by atoms with van der Waals surface area (Å²) in [7, 11) is 0. The Balaban J connectivity index is 1.32. The number of nitrogens with one attached hydrogen (secondary N) is 1. The van der Waals surface area contributed by atoms with Gasteiger partial charge in [-0.05, 0) is 36.6 Å². The van der Waals surface area contributed by atoms with Gasteiger partial charge in [0.2, 0.25) is 17.7 Å². The van der Waals surface area contributed by atoms with Gasteiger partial charge in [0.25, 0.3) is 5.91 Å². The third-order valence-electron chi connectivity index (χ3n) is 6.14. The highest BCUT2D eigenvalue weighted by Gasteiger charge is 2.39.